The summed E-state index contributed by atoms with van der Waals surface area (Å²) in [5, 5.41) is 17.9. The van der Waals surface area contributed by atoms with Crippen LogP contribution in [0.15, 0.2) is 59.9 Å². The molecule has 0 unspecified atom stereocenters. The topological polar surface area (TPSA) is 76.2 Å². The summed E-state index contributed by atoms with van der Waals surface area (Å²) in [6.45, 7) is 5.69. The molecule has 0 atom stereocenters. The van der Waals surface area contributed by atoms with Crippen LogP contribution in [0.2, 0.25) is 0 Å². The van der Waals surface area contributed by atoms with Gasteiger partial charge in [0.05, 0.1) is 23.1 Å². The summed E-state index contributed by atoms with van der Waals surface area (Å²) in [5.74, 6) is 0.781. The lowest BCUT2D eigenvalue weighted by Gasteiger charge is -2.08. The van der Waals surface area contributed by atoms with Gasteiger partial charge >= 0.3 is 0 Å². The number of aromatic nitrogens is 4. The van der Waals surface area contributed by atoms with Crippen LogP contribution < -0.4 is 0 Å². The molecule has 0 aliphatic heterocycles. The molecule has 0 aliphatic carbocycles. The van der Waals surface area contributed by atoms with E-state index in [4.69, 9.17) is 5.21 Å². The van der Waals surface area contributed by atoms with E-state index in [1.54, 1.807) is 6.92 Å². The number of fused-ring (bicyclic) bond motifs is 1. The second-order valence-corrected chi connectivity index (χ2v) is 6.57. The quantitative estimate of drug-likeness (QED) is 0.337. The van der Waals surface area contributed by atoms with Crippen LogP contribution in [0, 0.1) is 13.8 Å². The lowest BCUT2D eigenvalue weighted by Crippen LogP contribution is -2.02. The Bertz CT molecular complexity index is 1180. The van der Waals surface area contributed by atoms with Gasteiger partial charge in [-0.2, -0.15) is 5.10 Å². The van der Waals surface area contributed by atoms with Crippen molar-refractivity contribution in [2.45, 2.75) is 20.8 Å². The number of nitrogens with zero attached hydrogens (tertiary/aromatic N) is 5. The van der Waals surface area contributed by atoms with E-state index in [9.17, 15) is 0 Å². The lowest BCUT2D eigenvalue weighted by atomic mass is 10.1. The van der Waals surface area contributed by atoms with E-state index < -0.39 is 0 Å². The first-order valence-corrected chi connectivity index (χ1v) is 8.65. The zero-order valence-electron chi connectivity index (χ0n) is 15.4. The number of hydrogen-bond donors (Lipinski definition) is 1. The Hall–Kier alpha value is -3.54. The van der Waals surface area contributed by atoms with Crippen LogP contribution in [0.25, 0.3) is 28.0 Å². The summed E-state index contributed by atoms with van der Waals surface area (Å²) < 4.78 is 1.84. The van der Waals surface area contributed by atoms with E-state index in [2.05, 4.69) is 26.3 Å². The van der Waals surface area contributed by atoms with E-state index in [-0.39, 0.29) is 0 Å². The third-order valence-corrected chi connectivity index (χ3v) is 4.45. The van der Waals surface area contributed by atoms with Crippen molar-refractivity contribution in [2.24, 2.45) is 5.16 Å². The number of rotatable bonds is 3. The fraction of sp³-hybridized carbons (Fsp3) is 0.143. The van der Waals surface area contributed by atoms with Crippen molar-refractivity contribution in [3.63, 3.8) is 0 Å². The first kappa shape index (κ1) is 16.9. The standard InChI is InChI=1S/C21H19N5O/c1-13-9-18(15(3)25-27)24-19(10-13)16-7-8-17-12-22-26(20(17)11-16)21-6-4-5-14(2)23-21/h4-12,27H,1-3H3/b25-15+. The molecule has 0 amide bonds. The second-order valence-electron chi connectivity index (χ2n) is 6.57. The molecule has 6 nitrogen and oxygen atoms in total. The van der Waals surface area contributed by atoms with E-state index >= 15 is 0 Å². The predicted octanol–water partition coefficient (Wildman–Crippen LogP) is 4.30. The van der Waals surface area contributed by atoms with Crippen LogP contribution in [0.1, 0.15) is 23.9 Å². The van der Waals surface area contributed by atoms with Crippen molar-refractivity contribution >= 4 is 16.6 Å². The highest BCUT2D eigenvalue weighted by molar-refractivity contribution is 5.97. The van der Waals surface area contributed by atoms with Gasteiger partial charge in [-0.15, -0.1) is 0 Å². The fourth-order valence-corrected chi connectivity index (χ4v) is 3.06. The minimum absolute atomic E-state index is 0.482. The average Bonchev–Trinajstić information content (AvgIpc) is 3.10. The number of oxime groups is 1. The number of benzene rings is 1. The van der Waals surface area contributed by atoms with Gasteiger partial charge in [0.15, 0.2) is 5.82 Å². The number of aryl methyl sites for hydroxylation is 2. The summed E-state index contributed by atoms with van der Waals surface area (Å²) in [6.07, 6.45) is 1.83. The van der Waals surface area contributed by atoms with E-state index in [0.29, 0.717) is 11.4 Å². The first-order chi connectivity index (χ1) is 13.0. The van der Waals surface area contributed by atoms with Gasteiger partial charge in [0.1, 0.15) is 5.71 Å². The molecule has 0 aliphatic rings. The second kappa shape index (κ2) is 6.64. The molecule has 3 aromatic heterocycles. The Balaban J connectivity index is 1.87. The van der Waals surface area contributed by atoms with E-state index in [0.717, 1.165) is 39.2 Å². The summed E-state index contributed by atoms with van der Waals surface area (Å²) in [5.41, 5.74) is 5.87. The molecule has 1 aromatic carbocycles. The maximum absolute atomic E-state index is 9.07. The highest BCUT2D eigenvalue weighted by atomic mass is 16.4. The number of hydrogen-bond acceptors (Lipinski definition) is 5. The van der Waals surface area contributed by atoms with Gasteiger partial charge in [-0.05, 0) is 56.7 Å². The van der Waals surface area contributed by atoms with Crippen LogP contribution in [-0.2, 0) is 0 Å². The summed E-state index contributed by atoms with van der Waals surface area (Å²) >= 11 is 0. The molecule has 0 saturated carbocycles. The Kier molecular flexibility index (Phi) is 4.16. The van der Waals surface area contributed by atoms with Crippen LogP contribution in [-0.4, -0.2) is 30.7 Å². The molecule has 27 heavy (non-hydrogen) atoms. The van der Waals surface area contributed by atoms with Gasteiger partial charge in [-0.25, -0.2) is 14.6 Å². The van der Waals surface area contributed by atoms with Crippen molar-refractivity contribution in [3.05, 3.63) is 71.7 Å². The summed E-state index contributed by atoms with van der Waals surface area (Å²) in [6, 6.07) is 15.9. The van der Waals surface area contributed by atoms with Gasteiger partial charge in [-0.3, -0.25) is 0 Å². The monoisotopic (exact) mass is 357 g/mol. The van der Waals surface area contributed by atoms with Crippen molar-refractivity contribution in [2.75, 3.05) is 0 Å². The number of pyridine rings is 2. The summed E-state index contributed by atoms with van der Waals surface area (Å²) in [7, 11) is 0. The zero-order valence-corrected chi connectivity index (χ0v) is 15.4. The molecule has 1 N–H and O–H groups in total. The molecular weight excluding hydrogens is 338 g/mol. The van der Waals surface area contributed by atoms with Crippen molar-refractivity contribution in [3.8, 4) is 17.1 Å². The van der Waals surface area contributed by atoms with Crippen LogP contribution >= 0.6 is 0 Å². The van der Waals surface area contributed by atoms with Gasteiger partial charge in [-0.1, -0.05) is 23.4 Å². The smallest absolute Gasteiger partial charge is 0.154 e. The van der Waals surface area contributed by atoms with Crippen molar-refractivity contribution in [1.29, 1.82) is 0 Å². The predicted molar refractivity (Wildman–Crippen MR) is 106 cm³/mol. The average molecular weight is 357 g/mol. The molecule has 134 valence electrons. The largest absolute Gasteiger partial charge is 0.411 e. The lowest BCUT2D eigenvalue weighted by molar-refractivity contribution is 0.319. The normalized spacial score (nSPS) is 11.9. The third-order valence-electron chi connectivity index (χ3n) is 4.45. The molecule has 4 rings (SSSR count). The molecule has 0 radical (unpaired) electrons. The molecule has 0 fully saturated rings. The van der Waals surface area contributed by atoms with Crippen LogP contribution in [0.4, 0.5) is 0 Å². The van der Waals surface area contributed by atoms with Gasteiger partial charge < -0.3 is 5.21 Å². The maximum atomic E-state index is 9.07. The fourth-order valence-electron chi connectivity index (χ4n) is 3.06. The first-order valence-electron chi connectivity index (χ1n) is 8.65. The van der Waals surface area contributed by atoms with Crippen molar-refractivity contribution < 1.29 is 5.21 Å². The summed E-state index contributed by atoms with van der Waals surface area (Å²) in [4.78, 5) is 9.22. The molecule has 0 bridgehead atoms. The highest BCUT2D eigenvalue weighted by Crippen LogP contribution is 2.26. The molecule has 3 heterocycles. The third kappa shape index (κ3) is 3.17. The van der Waals surface area contributed by atoms with Crippen molar-refractivity contribution in [1.82, 2.24) is 19.7 Å². The van der Waals surface area contributed by atoms with Gasteiger partial charge in [0, 0.05) is 16.6 Å². The molecule has 0 spiro atoms. The molecular formula is C21H19N5O. The minimum atomic E-state index is 0.482. The van der Waals surface area contributed by atoms with E-state index in [1.165, 1.54) is 0 Å². The van der Waals surface area contributed by atoms with Crippen LogP contribution in [0.3, 0.4) is 0 Å². The Morgan fingerprint density at radius 3 is 2.67 bits per heavy atom. The zero-order chi connectivity index (χ0) is 19.0. The molecule has 4 aromatic rings. The highest BCUT2D eigenvalue weighted by Gasteiger charge is 2.11. The Morgan fingerprint density at radius 2 is 1.89 bits per heavy atom. The maximum Gasteiger partial charge on any atom is 0.154 e. The molecule has 0 saturated heterocycles. The SMILES string of the molecule is C/C(=N\O)c1cc(C)cc(-c2ccc3cnn(-c4cccc(C)n4)c3c2)n1. The Labute approximate surface area is 156 Å². The molecule has 6 heteroatoms. The van der Waals surface area contributed by atoms with Crippen LogP contribution in [0.5, 0.6) is 0 Å². The van der Waals surface area contributed by atoms with Gasteiger partial charge in [0.25, 0.3) is 0 Å². The Morgan fingerprint density at radius 1 is 1.04 bits per heavy atom. The van der Waals surface area contributed by atoms with E-state index in [1.807, 2.05) is 67.2 Å². The minimum Gasteiger partial charge on any atom is -0.411 e. The van der Waals surface area contributed by atoms with Gasteiger partial charge in [0.2, 0.25) is 0 Å².